The van der Waals surface area contributed by atoms with E-state index in [4.69, 9.17) is 0 Å². The Morgan fingerprint density at radius 2 is 1.67 bits per heavy atom. The molecule has 0 aliphatic heterocycles. The number of rotatable bonds is 5. The van der Waals surface area contributed by atoms with Gasteiger partial charge in [0, 0.05) is 5.69 Å². The van der Waals surface area contributed by atoms with E-state index in [1.807, 2.05) is 32.0 Å². The topological polar surface area (TPSA) is 32.3 Å². The van der Waals surface area contributed by atoms with Crippen LogP contribution >= 0.6 is 0 Å². The van der Waals surface area contributed by atoms with E-state index in [1.54, 1.807) is 0 Å². The molecule has 0 aliphatic carbocycles. The Kier molecular flexibility index (Phi) is 8.87. The van der Waals surface area contributed by atoms with Crippen molar-refractivity contribution in [3.8, 4) is 0 Å². The van der Waals surface area contributed by atoms with Crippen LogP contribution in [0.4, 0.5) is 5.69 Å². The number of hydrogen-bond acceptors (Lipinski definition) is 2. The zero-order valence-electron chi connectivity index (χ0n) is 11.9. The molecule has 94 valence electrons. The summed E-state index contributed by atoms with van der Waals surface area (Å²) in [6, 6.07) is 6.03. The van der Waals surface area contributed by atoms with Crippen LogP contribution < -0.4 is 5.32 Å². The monoisotopic (exact) mass is 274 g/mol. The molecule has 0 atom stereocenters. The number of carbonyl (C=O) groups excluding carboxylic acids is 1. The van der Waals surface area contributed by atoms with Gasteiger partial charge in [-0.3, -0.25) is 9.69 Å². The number of hydrogen-bond donors (Lipinski definition) is 1. The zero-order valence-corrected chi connectivity index (χ0v) is 14.1. The number of amides is 1. The number of likely N-dealkylation sites (N-methyl/N-ethyl adjacent to an activating group) is 1. The molecule has 0 spiro atoms. The molecule has 0 bridgehead atoms. The van der Waals surface area contributed by atoms with E-state index in [1.165, 1.54) is 0 Å². The molecule has 1 rings (SSSR count). The summed E-state index contributed by atoms with van der Waals surface area (Å²) < 4.78 is 0. The molecule has 0 fully saturated rings. The molecule has 1 aromatic carbocycles. The summed E-state index contributed by atoms with van der Waals surface area (Å²) in [7, 11) is 0. The minimum absolute atomic E-state index is 0. The average Bonchev–Trinajstić information content (AvgIpc) is 2.31. The second-order valence-electron chi connectivity index (χ2n) is 4.28. The van der Waals surface area contributed by atoms with Gasteiger partial charge in [-0.25, -0.2) is 0 Å². The molecular weight excluding hydrogens is 252 g/mol. The molecule has 1 N–H and O–H groups in total. The second kappa shape index (κ2) is 8.92. The molecule has 0 aromatic heterocycles. The fraction of sp³-hybridized carbons (Fsp3) is 0.500. The van der Waals surface area contributed by atoms with Gasteiger partial charge >= 0.3 is 37.7 Å². The van der Waals surface area contributed by atoms with E-state index >= 15 is 0 Å². The summed E-state index contributed by atoms with van der Waals surface area (Å²) in [6.07, 6.45) is 0. The first kappa shape index (κ1) is 17.9. The fourth-order valence-electron chi connectivity index (χ4n) is 1.84. The van der Waals surface area contributed by atoms with E-state index in [9.17, 15) is 4.79 Å². The molecule has 0 aliphatic rings. The maximum absolute atomic E-state index is 11.9. The molecule has 0 saturated carbocycles. The first-order valence-corrected chi connectivity index (χ1v) is 6.16. The van der Waals surface area contributed by atoms with Crippen molar-refractivity contribution >= 4 is 49.3 Å². The van der Waals surface area contributed by atoms with Crippen molar-refractivity contribution < 1.29 is 4.79 Å². The number of para-hydroxylation sites is 1. The van der Waals surface area contributed by atoms with Crippen LogP contribution in [0.15, 0.2) is 18.2 Å². The third-order valence-corrected chi connectivity index (χ3v) is 3.01. The minimum atomic E-state index is 0. The zero-order chi connectivity index (χ0) is 12.8. The van der Waals surface area contributed by atoms with Crippen LogP contribution in [-0.4, -0.2) is 68.2 Å². The van der Waals surface area contributed by atoms with Crippen LogP contribution in [-0.2, 0) is 4.79 Å². The van der Waals surface area contributed by atoms with Gasteiger partial charge in [-0.15, -0.1) is 0 Å². The quantitative estimate of drug-likeness (QED) is 0.835. The Hall–Kier alpha value is -0.0903. The number of carbonyl (C=O) groups is 1. The first-order valence-electron chi connectivity index (χ1n) is 6.16. The molecule has 4 heteroatoms. The number of benzene rings is 1. The molecule has 1 amide bonds. The SMILES string of the molecule is CCN(CC)CC(=O)Nc1c(C)cccc1C.[Ca+2]. The fourth-order valence-corrected chi connectivity index (χ4v) is 1.84. The smallest absolute Gasteiger partial charge is 0.324 e. The molecule has 1 aromatic rings. The molecule has 0 radical (unpaired) electrons. The summed E-state index contributed by atoms with van der Waals surface area (Å²) >= 11 is 0. The van der Waals surface area contributed by atoms with Crippen LogP contribution in [0.2, 0.25) is 0 Å². The molecule has 0 unspecified atom stereocenters. The summed E-state index contributed by atoms with van der Waals surface area (Å²) in [5, 5.41) is 3.00. The summed E-state index contributed by atoms with van der Waals surface area (Å²) in [4.78, 5) is 14.0. The Balaban J connectivity index is 0.00000289. The van der Waals surface area contributed by atoms with Gasteiger partial charge in [0.1, 0.15) is 0 Å². The van der Waals surface area contributed by atoms with E-state index in [0.717, 1.165) is 29.9 Å². The van der Waals surface area contributed by atoms with E-state index in [-0.39, 0.29) is 43.6 Å². The van der Waals surface area contributed by atoms with E-state index in [0.29, 0.717) is 6.54 Å². The number of nitrogens with one attached hydrogen (secondary N) is 1. The van der Waals surface area contributed by atoms with Crippen LogP contribution in [0.25, 0.3) is 0 Å². The maximum atomic E-state index is 11.9. The van der Waals surface area contributed by atoms with Crippen molar-refractivity contribution in [2.75, 3.05) is 25.0 Å². The van der Waals surface area contributed by atoms with Crippen molar-refractivity contribution in [3.05, 3.63) is 29.3 Å². The van der Waals surface area contributed by atoms with Crippen molar-refractivity contribution in [1.82, 2.24) is 4.90 Å². The van der Waals surface area contributed by atoms with Gasteiger partial charge in [-0.1, -0.05) is 32.0 Å². The van der Waals surface area contributed by atoms with E-state index in [2.05, 4.69) is 24.1 Å². The van der Waals surface area contributed by atoms with Crippen LogP contribution in [0, 0.1) is 13.8 Å². The number of aryl methyl sites for hydroxylation is 2. The predicted molar refractivity (Wildman–Crippen MR) is 78.1 cm³/mol. The maximum Gasteiger partial charge on any atom is 2.00 e. The Bertz CT molecular complexity index is 369. The van der Waals surface area contributed by atoms with Gasteiger partial charge in [-0.05, 0) is 38.1 Å². The summed E-state index contributed by atoms with van der Waals surface area (Å²) in [5.41, 5.74) is 3.17. The molecule has 0 heterocycles. The van der Waals surface area contributed by atoms with Crippen molar-refractivity contribution in [1.29, 1.82) is 0 Å². The van der Waals surface area contributed by atoms with Gasteiger partial charge in [0.2, 0.25) is 5.91 Å². The first-order chi connectivity index (χ1) is 8.08. The largest absolute Gasteiger partial charge is 2.00 e. The second-order valence-corrected chi connectivity index (χ2v) is 4.28. The van der Waals surface area contributed by atoms with Gasteiger partial charge < -0.3 is 5.32 Å². The van der Waals surface area contributed by atoms with Gasteiger partial charge in [-0.2, -0.15) is 0 Å². The van der Waals surface area contributed by atoms with Crippen molar-refractivity contribution in [3.63, 3.8) is 0 Å². The van der Waals surface area contributed by atoms with Gasteiger partial charge in [0.05, 0.1) is 6.54 Å². The Morgan fingerprint density at radius 3 is 2.11 bits per heavy atom. The van der Waals surface area contributed by atoms with Crippen molar-refractivity contribution in [2.45, 2.75) is 27.7 Å². The molecule has 3 nitrogen and oxygen atoms in total. The van der Waals surface area contributed by atoms with Gasteiger partial charge in [0.25, 0.3) is 0 Å². The van der Waals surface area contributed by atoms with Crippen LogP contribution in [0.5, 0.6) is 0 Å². The Labute approximate surface area is 140 Å². The van der Waals surface area contributed by atoms with Crippen molar-refractivity contribution in [2.24, 2.45) is 0 Å². The molecule has 0 saturated heterocycles. The minimum Gasteiger partial charge on any atom is -0.324 e. The summed E-state index contributed by atoms with van der Waals surface area (Å²) in [6.45, 7) is 10.4. The summed E-state index contributed by atoms with van der Waals surface area (Å²) in [5.74, 6) is 0.0612. The third-order valence-electron chi connectivity index (χ3n) is 3.01. The standard InChI is InChI=1S/C14H22N2O.Ca/c1-5-16(6-2)10-13(17)15-14-11(3)8-7-9-12(14)4;/h7-9H,5-6,10H2,1-4H3,(H,15,17);/q;+2. The number of anilines is 1. The molecular formula is C14H22CaN2O+2. The third kappa shape index (κ3) is 5.27. The van der Waals surface area contributed by atoms with Crippen LogP contribution in [0.1, 0.15) is 25.0 Å². The van der Waals surface area contributed by atoms with Gasteiger partial charge in [0.15, 0.2) is 0 Å². The number of nitrogens with zero attached hydrogens (tertiary/aromatic N) is 1. The Morgan fingerprint density at radius 1 is 1.17 bits per heavy atom. The van der Waals surface area contributed by atoms with Crippen LogP contribution in [0.3, 0.4) is 0 Å². The molecule has 18 heavy (non-hydrogen) atoms. The van der Waals surface area contributed by atoms with E-state index < -0.39 is 0 Å². The average molecular weight is 274 g/mol. The predicted octanol–water partition coefficient (Wildman–Crippen LogP) is 2.20. The normalized spacial score (nSPS) is 10.1.